The summed E-state index contributed by atoms with van der Waals surface area (Å²) in [4.78, 5) is 27.8. The predicted molar refractivity (Wildman–Crippen MR) is 95.8 cm³/mol. The Labute approximate surface area is 132 Å². The molecule has 0 atom stereocenters. The molecule has 8 heteroatoms. The Morgan fingerprint density at radius 2 is 1.43 bits per heavy atom. The predicted octanol–water partition coefficient (Wildman–Crippen LogP) is 2.45. The number of nitrogens with zero attached hydrogens (tertiary/aromatic N) is 1. The molecule has 1 amide bonds. The van der Waals surface area contributed by atoms with Gasteiger partial charge in [0.15, 0.2) is 8.24 Å². The zero-order valence-electron chi connectivity index (χ0n) is 15.1. The van der Waals surface area contributed by atoms with E-state index in [-0.39, 0.29) is 18.4 Å². The molecule has 0 fully saturated rings. The van der Waals surface area contributed by atoms with Crippen LogP contribution in [-0.4, -0.2) is 54.3 Å². The van der Waals surface area contributed by atoms with Crippen LogP contribution in [0.15, 0.2) is 0 Å². The minimum absolute atomic E-state index is 0.00381. The monoisotopic (exact) mass is 348 g/mol. The molecule has 1 N–H and O–H groups in total. The lowest BCUT2D eigenvalue weighted by Crippen LogP contribution is -2.57. The second-order valence-electron chi connectivity index (χ2n) is 8.34. The number of hydrogen-bond donors (Lipinski definition) is 1. The van der Waals surface area contributed by atoms with Crippen molar-refractivity contribution in [3.05, 3.63) is 0 Å². The first-order valence-electron chi connectivity index (χ1n) is 7.39. The maximum Gasteiger partial charge on any atom is 0.311 e. The van der Waals surface area contributed by atoms with Crippen molar-refractivity contribution in [3.63, 3.8) is 0 Å². The van der Waals surface area contributed by atoms with E-state index in [4.69, 9.17) is 4.43 Å². The highest BCUT2D eigenvalue weighted by Gasteiger charge is 2.32. The highest BCUT2D eigenvalue weighted by Crippen LogP contribution is 2.12. The first kappa shape index (κ1) is 20.6. The summed E-state index contributed by atoms with van der Waals surface area (Å²) in [6.07, 6.45) is 0. The van der Waals surface area contributed by atoms with Crippen LogP contribution in [0.1, 0.15) is 0 Å². The van der Waals surface area contributed by atoms with Gasteiger partial charge in [0.25, 0.3) is 0 Å². The first-order valence-corrected chi connectivity index (χ1v) is 17.7. The average molecular weight is 349 g/mol. The van der Waals surface area contributed by atoms with Gasteiger partial charge in [-0.05, 0) is 19.6 Å². The maximum atomic E-state index is 12.5. The molecule has 0 heterocycles. The number of carbonyl (C=O) groups is 2. The molecule has 0 spiro atoms. The van der Waals surface area contributed by atoms with E-state index in [1.807, 2.05) is 19.6 Å². The third-order valence-electron chi connectivity index (χ3n) is 2.59. The van der Waals surface area contributed by atoms with Crippen LogP contribution >= 0.6 is 0 Å². The average Bonchev–Trinajstić information content (AvgIpc) is 2.17. The Hall–Kier alpha value is -0.449. The first-order chi connectivity index (χ1) is 9.12. The summed E-state index contributed by atoms with van der Waals surface area (Å²) >= 11 is 0. The zero-order valence-corrected chi connectivity index (χ0v) is 18.1. The SMILES string of the molecule is C[Si](C)(C)NCC(=O)N(CC(=O)O[Si](C)(C)C)[Si](C)(C)C. The van der Waals surface area contributed by atoms with Crippen molar-refractivity contribution in [1.82, 2.24) is 9.55 Å². The van der Waals surface area contributed by atoms with Gasteiger partial charge in [0.2, 0.25) is 14.2 Å². The fraction of sp³-hybridized carbons (Fsp3) is 0.846. The van der Waals surface area contributed by atoms with E-state index in [9.17, 15) is 9.59 Å². The molecular weight excluding hydrogens is 316 g/mol. The molecule has 0 aliphatic heterocycles. The number of rotatable bonds is 7. The molecule has 0 aliphatic rings. The summed E-state index contributed by atoms with van der Waals surface area (Å²) in [6, 6.07) is 0. The van der Waals surface area contributed by atoms with Crippen molar-refractivity contribution in [2.45, 2.75) is 58.9 Å². The Morgan fingerprint density at radius 3 is 1.76 bits per heavy atom. The molecule has 0 saturated heterocycles. The van der Waals surface area contributed by atoms with Gasteiger partial charge in [0, 0.05) is 0 Å². The quantitative estimate of drug-likeness (QED) is 0.718. The largest absolute Gasteiger partial charge is 0.519 e. The summed E-state index contributed by atoms with van der Waals surface area (Å²) in [7, 11) is -5.32. The molecule has 0 saturated carbocycles. The van der Waals surface area contributed by atoms with Gasteiger partial charge in [-0.15, -0.1) is 0 Å². The lowest BCUT2D eigenvalue weighted by atomic mass is 10.5. The second-order valence-corrected chi connectivity index (χ2v) is 22.5. The van der Waals surface area contributed by atoms with E-state index >= 15 is 0 Å². The van der Waals surface area contributed by atoms with Crippen molar-refractivity contribution in [2.24, 2.45) is 0 Å². The van der Waals surface area contributed by atoms with Gasteiger partial charge >= 0.3 is 5.97 Å². The zero-order chi connectivity index (χ0) is 17.1. The summed E-state index contributed by atoms with van der Waals surface area (Å²) in [6.45, 7) is 19.0. The molecule has 0 aromatic carbocycles. The van der Waals surface area contributed by atoms with Gasteiger partial charge in [-0.3, -0.25) is 9.59 Å². The van der Waals surface area contributed by atoms with Crippen molar-refractivity contribution in [3.8, 4) is 0 Å². The molecule has 0 aliphatic carbocycles. The molecule has 21 heavy (non-hydrogen) atoms. The lowest BCUT2D eigenvalue weighted by molar-refractivity contribution is -0.139. The summed E-state index contributed by atoms with van der Waals surface area (Å²) < 4.78 is 7.21. The van der Waals surface area contributed by atoms with Crippen LogP contribution in [0.5, 0.6) is 0 Å². The molecule has 5 nitrogen and oxygen atoms in total. The molecule has 0 bridgehead atoms. The van der Waals surface area contributed by atoms with Crippen LogP contribution in [0.25, 0.3) is 0 Å². The fourth-order valence-corrected chi connectivity index (χ4v) is 4.50. The van der Waals surface area contributed by atoms with Gasteiger partial charge in [0.1, 0.15) is 14.8 Å². The van der Waals surface area contributed by atoms with Crippen LogP contribution in [0.4, 0.5) is 0 Å². The van der Waals surface area contributed by atoms with E-state index in [2.05, 4.69) is 44.3 Å². The third-order valence-corrected chi connectivity index (χ3v) is 6.69. The van der Waals surface area contributed by atoms with Crippen LogP contribution in [0.3, 0.4) is 0 Å². The summed E-state index contributed by atoms with van der Waals surface area (Å²) in [5.41, 5.74) is 0. The highest BCUT2D eigenvalue weighted by molar-refractivity contribution is 6.76. The van der Waals surface area contributed by atoms with Crippen molar-refractivity contribution < 1.29 is 14.0 Å². The number of nitrogens with one attached hydrogen (secondary N) is 1. The van der Waals surface area contributed by atoms with Gasteiger partial charge < -0.3 is 14.0 Å². The number of hydrogen-bond acceptors (Lipinski definition) is 4. The lowest BCUT2D eigenvalue weighted by Gasteiger charge is -2.35. The normalized spacial score (nSPS) is 13.0. The topological polar surface area (TPSA) is 58.6 Å². The van der Waals surface area contributed by atoms with Gasteiger partial charge in [-0.25, -0.2) is 0 Å². The van der Waals surface area contributed by atoms with Crippen LogP contribution < -0.4 is 4.98 Å². The molecule has 0 aromatic heterocycles. The summed E-state index contributed by atoms with van der Waals surface area (Å²) in [5.74, 6) is -0.276. The standard InChI is InChI=1S/C13H32N2O3Si3/c1-19(2,3)14-10-12(16)15(20(4,5)6)11-13(17)18-21(7,8)9/h14H,10-11H2,1-9H3. The number of amides is 1. The van der Waals surface area contributed by atoms with Crippen LogP contribution in [-0.2, 0) is 14.0 Å². The molecule has 0 unspecified atom stereocenters. The van der Waals surface area contributed by atoms with E-state index in [0.29, 0.717) is 6.54 Å². The molecular formula is C13H32N2O3Si3. The third kappa shape index (κ3) is 9.99. The van der Waals surface area contributed by atoms with Crippen molar-refractivity contribution in [1.29, 1.82) is 0 Å². The van der Waals surface area contributed by atoms with Crippen molar-refractivity contribution >= 4 is 36.7 Å². The van der Waals surface area contributed by atoms with E-state index in [1.165, 1.54) is 0 Å². The van der Waals surface area contributed by atoms with Gasteiger partial charge in [-0.2, -0.15) is 0 Å². The Bertz CT molecular complexity index is 382. The Morgan fingerprint density at radius 1 is 0.952 bits per heavy atom. The maximum absolute atomic E-state index is 12.5. The molecule has 0 rings (SSSR count). The second kappa shape index (κ2) is 7.21. The highest BCUT2D eigenvalue weighted by atomic mass is 28.4. The molecule has 0 radical (unpaired) electrons. The summed E-state index contributed by atoms with van der Waals surface area (Å²) in [5, 5.41) is 0. The minimum atomic E-state index is -1.91. The minimum Gasteiger partial charge on any atom is -0.519 e. The molecule has 0 aromatic rings. The number of carbonyl (C=O) groups excluding carboxylic acids is 2. The van der Waals surface area contributed by atoms with Crippen molar-refractivity contribution in [2.75, 3.05) is 13.1 Å². The Kier molecular flexibility index (Phi) is 7.05. The van der Waals surface area contributed by atoms with E-state index < -0.39 is 24.8 Å². The molecule has 124 valence electrons. The van der Waals surface area contributed by atoms with Gasteiger partial charge in [0.05, 0.1) is 6.54 Å². The van der Waals surface area contributed by atoms with E-state index in [0.717, 1.165) is 0 Å². The van der Waals surface area contributed by atoms with E-state index in [1.54, 1.807) is 4.57 Å². The smallest absolute Gasteiger partial charge is 0.311 e. The van der Waals surface area contributed by atoms with Crippen LogP contribution in [0.2, 0.25) is 58.9 Å². The fourth-order valence-electron chi connectivity index (χ4n) is 1.64. The Balaban J connectivity index is 4.83. The van der Waals surface area contributed by atoms with Crippen LogP contribution in [0, 0.1) is 0 Å². The van der Waals surface area contributed by atoms with Gasteiger partial charge in [-0.1, -0.05) is 39.3 Å².